The van der Waals surface area contributed by atoms with Crippen molar-refractivity contribution < 1.29 is 4.79 Å². The molecule has 1 aromatic rings. The van der Waals surface area contributed by atoms with E-state index in [0.29, 0.717) is 6.54 Å². The Bertz CT molecular complexity index is 406. The summed E-state index contributed by atoms with van der Waals surface area (Å²) in [6.07, 6.45) is 1.03. The fraction of sp³-hybridized carbons (Fsp3) is 0.417. The Hall–Kier alpha value is -0.870. The smallest absolute Gasteiger partial charge is 0.233 e. The van der Waals surface area contributed by atoms with Crippen LogP contribution in [0.3, 0.4) is 0 Å². The van der Waals surface area contributed by atoms with Gasteiger partial charge < -0.3 is 5.32 Å². The van der Waals surface area contributed by atoms with Crippen molar-refractivity contribution in [2.45, 2.75) is 13.0 Å². The highest BCUT2D eigenvalue weighted by Gasteiger charge is 2.17. The number of likely N-dealkylation sites (N-methyl/N-ethyl adjacent to an activating group) is 1. The van der Waals surface area contributed by atoms with E-state index >= 15 is 0 Å². The second-order valence-electron chi connectivity index (χ2n) is 4.05. The Balaban J connectivity index is 2.08. The molecule has 1 aliphatic rings. The van der Waals surface area contributed by atoms with Gasteiger partial charge in [-0.2, -0.15) is 0 Å². The first kappa shape index (κ1) is 11.6. The van der Waals surface area contributed by atoms with Crippen molar-refractivity contribution in [1.82, 2.24) is 10.2 Å². The zero-order valence-corrected chi connectivity index (χ0v) is 10.9. The van der Waals surface area contributed by atoms with Gasteiger partial charge in [-0.05, 0) is 29.7 Å². The highest BCUT2D eigenvalue weighted by molar-refractivity contribution is 9.10. The lowest BCUT2D eigenvalue weighted by molar-refractivity contribution is -0.121. The first-order chi connectivity index (χ1) is 7.69. The molecule has 86 valence electrons. The Morgan fingerprint density at radius 3 is 3.06 bits per heavy atom. The van der Waals surface area contributed by atoms with E-state index in [1.54, 1.807) is 7.05 Å². The fourth-order valence-corrected chi connectivity index (χ4v) is 2.41. The zero-order chi connectivity index (χ0) is 11.5. The van der Waals surface area contributed by atoms with Gasteiger partial charge in [0.1, 0.15) is 0 Å². The molecule has 0 aliphatic carbocycles. The average molecular weight is 283 g/mol. The molecule has 0 radical (unpaired) electrons. The van der Waals surface area contributed by atoms with Crippen LogP contribution in [0.1, 0.15) is 11.1 Å². The highest BCUT2D eigenvalue weighted by atomic mass is 79.9. The molecule has 0 aromatic heterocycles. The molecule has 0 atom stereocenters. The predicted molar refractivity (Wildman–Crippen MR) is 67.2 cm³/mol. The van der Waals surface area contributed by atoms with E-state index in [4.69, 9.17) is 0 Å². The van der Waals surface area contributed by atoms with Gasteiger partial charge in [0, 0.05) is 24.6 Å². The molecule has 16 heavy (non-hydrogen) atoms. The second kappa shape index (κ2) is 4.97. The maximum absolute atomic E-state index is 11.3. The van der Waals surface area contributed by atoms with Crippen molar-refractivity contribution in [3.05, 3.63) is 33.8 Å². The number of carbonyl (C=O) groups excluding carboxylic acids is 1. The number of benzene rings is 1. The Morgan fingerprint density at radius 1 is 1.50 bits per heavy atom. The highest BCUT2D eigenvalue weighted by Crippen LogP contribution is 2.22. The van der Waals surface area contributed by atoms with E-state index in [1.807, 2.05) is 0 Å². The Labute approximate surface area is 104 Å². The maximum atomic E-state index is 11.3. The van der Waals surface area contributed by atoms with Gasteiger partial charge in [-0.25, -0.2) is 0 Å². The molecule has 1 aromatic carbocycles. The number of nitrogens with one attached hydrogen (secondary N) is 1. The van der Waals surface area contributed by atoms with E-state index < -0.39 is 0 Å². The molecule has 1 amide bonds. The van der Waals surface area contributed by atoms with Crippen molar-refractivity contribution in [3.63, 3.8) is 0 Å². The number of hydrogen-bond donors (Lipinski definition) is 1. The molecule has 0 spiro atoms. The lowest BCUT2D eigenvalue weighted by Gasteiger charge is -2.28. The van der Waals surface area contributed by atoms with Crippen molar-refractivity contribution in [2.75, 3.05) is 20.1 Å². The average Bonchev–Trinajstić information content (AvgIpc) is 2.28. The summed E-state index contributed by atoms with van der Waals surface area (Å²) in [7, 11) is 1.68. The number of carbonyl (C=O) groups is 1. The van der Waals surface area contributed by atoms with Crippen LogP contribution in [0.15, 0.2) is 22.7 Å². The van der Waals surface area contributed by atoms with Gasteiger partial charge in [0.15, 0.2) is 0 Å². The fourth-order valence-electron chi connectivity index (χ4n) is 2.00. The van der Waals surface area contributed by atoms with Gasteiger partial charge in [-0.15, -0.1) is 0 Å². The second-order valence-corrected chi connectivity index (χ2v) is 4.96. The number of amides is 1. The molecule has 4 heteroatoms. The molecular formula is C12H15BrN2O. The quantitative estimate of drug-likeness (QED) is 0.893. The van der Waals surface area contributed by atoms with Crippen LogP contribution in [-0.4, -0.2) is 30.9 Å². The van der Waals surface area contributed by atoms with Crippen molar-refractivity contribution >= 4 is 21.8 Å². The third-order valence-electron chi connectivity index (χ3n) is 2.91. The number of fused-ring (bicyclic) bond motifs is 1. The molecule has 0 saturated heterocycles. The Morgan fingerprint density at radius 2 is 2.31 bits per heavy atom. The summed E-state index contributed by atoms with van der Waals surface area (Å²) in [4.78, 5) is 13.5. The van der Waals surface area contributed by atoms with Gasteiger partial charge in [0.25, 0.3) is 0 Å². The monoisotopic (exact) mass is 282 g/mol. The summed E-state index contributed by atoms with van der Waals surface area (Å²) >= 11 is 3.48. The number of nitrogens with zero attached hydrogens (tertiary/aromatic N) is 1. The van der Waals surface area contributed by atoms with Crippen LogP contribution < -0.4 is 5.32 Å². The minimum absolute atomic E-state index is 0.0819. The van der Waals surface area contributed by atoms with Crippen LogP contribution in [0.5, 0.6) is 0 Å². The zero-order valence-electron chi connectivity index (χ0n) is 9.29. The van der Waals surface area contributed by atoms with Crippen LogP contribution in [0.2, 0.25) is 0 Å². The molecule has 0 saturated carbocycles. The van der Waals surface area contributed by atoms with Crippen LogP contribution in [0, 0.1) is 0 Å². The molecular weight excluding hydrogens is 268 g/mol. The third-order valence-corrected chi connectivity index (χ3v) is 3.40. The van der Waals surface area contributed by atoms with Crippen molar-refractivity contribution in [1.29, 1.82) is 0 Å². The van der Waals surface area contributed by atoms with Crippen molar-refractivity contribution in [3.8, 4) is 0 Å². The standard InChI is InChI=1S/C12H15BrN2O/c1-14-12(16)8-15-5-4-9-2-3-11(13)6-10(9)7-15/h2-3,6H,4-5,7-8H2,1H3,(H,14,16). The summed E-state index contributed by atoms with van der Waals surface area (Å²) in [5.74, 6) is 0.0819. The molecule has 0 unspecified atom stereocenters. The molecule has 0 fully saturated rings. The topological polar surface area (TPSA) is 32.3 Å². The summed E-state index contributed by atoms with van der Waals surface area (Å²) in [6.45, 7) is 2.31. The summed E-state index contributed by atoms with van der Waals surface area (Å²) in [5, 5.41) is 2.66. The van der Waals surface area contributed by atoms with E-state index in [2.05, 4.69) is 44.3 Å². The molecule has 1 N–H and O–H groups in total. The normalized spacial score (nSPS) is 15.6. The molecule has 1 heterocycles. The number of hydrogen-bond acceptors (Lipinski definition) is 2. The third kappa shape index (κ3) is 2.62. The molecule has 0 bridgehead atoms. The van der Waals surface area contributed by atoms with Crippen LogP contribution in [-0.2, 0) is 17.8 Å². The summed E-state index contributed by atoms with van der Waals surface area (Å²) < 4.78 is 1.10. The molecule has 3 nitrogen and oxygen atoms in total. The maximum Gasteiger partial charge on any atom is 0.233 e. The predicted octanol–water partition coefficient (Wildman–Crippen LogP) is 1.55. The number of halogens is 1. The first-order valence-electron chi connectivity index (χ1n) is 5.39. The van der Waals surface area contributed by atoms with Crippen LogP contribution in [0.4, 0.5) is 0 Å². The lowest BCUT2D eigenvalue weighted by atomic mass is 10.00. The van der Waals surface area contributed by atoms with E-state index in [9.17, 15) is 4.79 Å². The first-order valence-corrected chi connectivity index (χ1v) is 6.18. The van der Waals surface area contributed by atoms with Gasteiger partial charge in [-0.3, -0.25) is 9.69 Å². The van der Waals surface area contributed by atoms with Crippen LogP contribution >= 0.6 is 15.9 Å². The summed E-state index contributed by atoms with van der Waals surface area (Å²) in [5.41, 5.74) is 2.72. The number of rotatable bonds is 2. The largest absolute Gasteiger partial charge is 0.358 e. The van der Waals surface area contributed by atoms with Gasteiger partial charge in [0.2, 0.25) is 5.91 Å². The van der Waals surface area contributed by atoms with E-state index in [1.165, 1.54) is 11.1 Å². The SMILES string of the molecule is CNC(=O)CN1CCc2ccc(Br)cc2C1. The van der Waals surface area contributed by atoms with E-state index in [-0.39, 0.29) is 5.91 Å². The minimum atomic E-state index is 0.0819. The van der Waals surface area contributed by atoms with Gasteiger partial charge >= 0.3 is 0 Å². The molecule has 2 rings (SSSR count). The Kier molecular flexibility index (Phi) is 3.61. The van der Waals surface area contributed by atoms with Gasteiger partial charge in [-0.1, -0.05) is 22.0 Å². The van der Waals surface area contributed by atoms with Crippen molar-refractivity contribution in [2.24, 2.45) is 0 Å². The lowest BCUT2D eigenvalue weighted by Crippen LogP contribution is -2.38. The summed E-state index contributed by atoms with van der Waals surface area (Å²) in [6, 6.07) is 6.38. The van der Waals surface area contributed by atoms with Gasteiger partial charge in [0.05, 0.1) is 6.54 Å². The van der Waals surface area contributed by atoms with E-state index in [0.717, 1.165) is 24.0 Å². The minimum Gasteiger partial charge on any atom is -0.358 e. The molecule has 1 aliphatic heterocycles. The van der Waals surface area contributed by atoms with Crippen LogP contribution in [0.25, 0.3) is 0 Å².